The van der Waals surface area contributed by atoms with Gasteiger partial charge in [-0.2, -0.15) is 0 Å². The van der Waals surface area contributed by atoms with Crippen molar-refractivity contribution in [3.05, 3.63) is 41.5 Å². The maximum absolute atomic E-state index is 11.9. The third-order valence-electron chi connectivity index (χ3n) is 2.89. The van der Waals surface area contributed by atoms with Crippen molar-refractivity contribution in [3.63, 3.8) is 0 Å². The number of benzene rings is 1. The number of hydrogen-bond donors (Lipinski definition) is 2. The number of carbonyl (C=O) groups is 1. The van der Waals surface area contributed by atoms with Gasteiger partial charge in [0, 0.05) is 16.6 Å². The monoisotopic (exact) mass is 314 g/mol. The highest BCUT2D eigenvalue weighted by Crippen LogP contribution is 2.18. The number of hydrogen-bond acceptors (Lipinski definition) is 6. The SMILES string of the molecule is Cc1csc(NC(=O)Cn2cc(-c3cccc(N)c3)nn2)n1. The molecule has 0 aliphatic heterocycles. The van der Waals surface area contributed by atoms with Crippen LogP contribution in [0.4, 0.5) is 10.8 Å². The maximum Gasteiger partial charge on any atom is 0.247 e. The van der Waals surface area contributed by atoms with Gasteiger partial charge in [0.15, 0.2) is 5.13 Å². The predicted molar refractivity (Wildman–Crippen MR) is 85.4 cm³/mol. The van der Waals surface area contributed by atoms with Crippen molar-refractivity contribution < 1.29 is 4.79 Å². The normalized spacial score (nSPS) is 10.6. The van der Waals surface area contributed by atoms with E-state index in [0.717, 1.165) is 11.3 Å². The molecule has 0 saturated heterocycles. The van der Waals surface area contributed by atoms with Crippen molar-refractivity contribution in [2.24, 2.45) is 0 Å². The van der Waals surface area contributed by atoms with E-state index in [9.17, 15) is 4.79 Å². The van der Waals surface area contributed by atoms with Crippen LogP contribution in [0.3, 0.4) is 0 Å². The van der Waals surface area contributed by atoms with Crippen LogP contribution in [0.2, 0.25) is 0 Å². The number of nitrogens with two attached hydrogens (primary N) is 1. The summed E-state index contributed by atoms with van der Waals surface area (Å²) < 4.78 is 1.48. The molecule has 2 heterocycles. The number of thiazole rings is 1. The first-order valence-corrected chi connectivity index (χ1v) is 7.46. The quantitative estimate of drug-likeness (QED) is 0.717. The van der Waals surface area contributed by atoms with E-state index in [4.69, 9.17) is 5.73 Å². The van der Waals surface area contributed by atoms with E-state index in [1.54, 1.807) is 12.3 Å². The van der Waals surface area contributed by atoms with Gasteiger partial charge in [-0.1, -0.05) is 17.3 Å². The fraction of sp³-hybridized carbons (Fsp3) is 0.143. The average molecular weight is 314 g/mol. The second-order valence-corrected chi connectivity index (χ2v) is 5.63. The zero-order chi connectivity index (χ0) is 15.5. The van der Waals surface area contributed by atoms with Crippen LogP contribution in [0.1, 0.15) is 5.69 Å². The van der Waals surface area contributed by atoms with Gasteiger partial charge in [0.2, 0.25) is 5.91 Å². The molecule has 0 unspecified atom stereocenters. The Morgan fingerprint density at radius 2 is 2.32 bits per heavy atom. The Morgan fingerprint density at radius 1 is 1.45 bits per heavy atom. The van der Waals surface area contributed by atoms with Gasteiger partial charge in [-0.15, -0.1) is 16.4 Å². The minimum absolute atomic E-state index is 0.0773. The highest BCUT2D eigenvalue weighted by Gasteiger charge is 2.09. The summed E-state index contributed by atoms with van der Waals surface area (Å²) in [5.41, 5.74) is 8.82. The summed E-state index contributed by atoms with van der Waals surface area (Å²) in [5.74, 6) is -0.196. The Morgan fingerprint density at radius 3 is 3.05 bits per heavy atom. The summed E-state index contributed by atoms with van der Waals surface area (Å²) >= 11 is 1.39. The summed E-state index contributed by atoms with van der Waals surface area (Å²) in [6.45, 7) is 1.95. The molecular formula is C14H14N6OS. The minimum atomic E-state index is -0.196. The van der Waals surface area contributed by atoms with Gasteiger partial charge in [0.1, 0.15) is 12.2 Å². The third-order valence-corrected chi connectivity index (χ3v) is 3.77. The van der Waals surface area contributed by atoms with Gasteiger partial charge in [0.25, 0.3) is 0 Å². The molecule has 0 fully saturated rings. The predicted octanol–water partition coefficient (Wildman–Crippen LogP) is 1.93. The van der Waals surface area contributed by atoms with Gasteiger partial charge in [-0.25, -0.2) is 9.67 Å². The smallest absolute Gasteiger partial charge is 0.247 e. The molecule has 3 rings (SSSR count). The Labute approximate surface area is 130 Å². The van der Waals surface area contributed by atoms with Crippen LogP contribution in [0.5, 0.6) is 0 Å². The summed E-state index contributed by atoms with van der Waals surface area (Å²) in [6.07, 6.45) is 1.71. The molecular weight excluding hydrogens is 300 g/mol. The third kappa shape index (κ3) is 3.29. The van der Waals surface area contributed by atoms with Crippen LogP contribution in [-0.2, 0) is 11.3 Å². The number of anilines is 2. The number of nitrogens with zero attached hydrogens (tertiary/aromatic N) is 4. The van der Waals surface area contributed by atoms with Crippen LogP contribution < -0.4 is 11.1 Å². The molecule has 3 N–H and O–H groups in total. The maximum atomic E-state index is 11.9. The highest BCUT2D eigenvalue weighted by atomic mass is 32.1. The van der Waals surface area contributed by atoms with Crippen LogP contribution in [0.15, 0.2) is 35.8 Å². The molecule has 0 atom stereocenters. The number of aryl methyl sites for hydroxylation is 1. The molecule has 0 aliphatic carbocycles. The van der Waals surface area contributed by atoms with Crippen LogP contribution in [-0.4, -0.2) is 25.9 Å². The highest BCUT2D eigenvalue weighted by molar-refractivity contribution is 7.13. The molecule has 22 heavy (non-hydrogen) atoms. The summed E-state index contributed by atoms with van der Waals surface area (Å²) in [4.78, 5) is 16.1. The second-order valence-electron chi connectivity index (χ2n) is 4.77. The van der Waals surface area contributed by atoms with Gasteiger partial charge in [0.05, 0.1) is 11.9 Å². The summed E-state index contributed by atoms with van der Waals surface area (Å²) in [5, 5.41) is 13.2. The number of nitrogen functional groups attached to an aromatic ring is 1. The molecule has 0 spiro atoms. The molecule has 7 nitrogen and oxygen atoms in total. The number of amides is 1. The van der Waals surface area contributed by atoms with Crippen molar-refractivity contribution in [2.45, 2.75) is 13.5 Å². The minimum Gasteiger partial charge on any atom is -0.399 e. The van der Waals surface area contributed by atoms with E-state index < -0.39 is 0 Å². The van der Waals surface area contributed by atoms with Crippen molar-refractivity contribution in [2.75, 3.05) is 11.1 Å². The molecule has 8 heteroatoms. The fourth-order valence-electron chi connectivity index (χ4n) is 1.92. The Bertz CT molecular complexity index is 809. The van der Waals surface area contributed by atoms with E-state index in [0.29, 0.717) is 16.5 Å². The molecule has 0 aliphatic rings. The van der Waals surface area contributed by atoms with E-state index in [1.165, 1.54) is 16.0 Å². The lowest BCUT2D eigenvalue weighted by Gasteiger charge is -2.00. The molecule has 1 amide bonds. The zero-order valence-corrected chi connectivity index (χ0v) is 12.7. The molecule has 1 aromatic carbocycles. The van der Waals surface area contributed by atoms with Crippen LogP contribution >= 0.6 is 11.3 Å². The zero-order valence-electron chi connectivity index (χ0n) is 11.9. The Balaban J connectivity index is 1.67. The standard InChI is InChI=1S/C14H14N6OS/c1-9-8-22-14(16-9)17-13(21)7-20-6-12(18-19-20)10-3-2-4-11(15)5-10/h2-6,8H,7,15H2,1H3,(H,16,17,21). The molecule has 112 valence electrons. The van der Waals surface area contributed by atoms with E-state index >= 15 is 0 Å². The lowest BCUT2D eigenvalue weighted by Crippen LogP contribution is -2.19. The van der Waals surface area contributed by atoms with Crippen molar-refractivity contribution in [1.29, 1.82) is 0 Å². The summed E-state index contributed by atoms with van der Waals surface area (Å²) in [7, 11) is 0. The first kappa shape index (κ1) is 14.2. The molecule has 0 saturated carbocycles. The Hall–Kier alpha value is -2.74. The lowest BCUT2D eigenvalue weighted by atomic mass is 10.1. The summed E-state index contributed by atoms with van der Waals surface area (Å²) in [6, 6.07) is 7.36. The van der Waals surface area contributed by atoms with Crippen LogP contribution in [0, 0.1) is 6.92 Å². The number of aromatic nitrogens is 4. The topological polar surface area (TPSA) is 98.7 Å². The molecule has 0 radical (unpaired) electrons. The first-order valence-electron chi connectivity index (χ1n) is 6.58. The lowest BCUT2D eigenvalue weighted by molar-refractivity contribution is -0.116. The number of nitrogens with one attached hydrogen (secondary N) is 1. The van der Waals surface area contributed by atoms with Crippen LogP contribution in [0.25, 0.3) is 11.3 Å². The molecule has 0 bridgehead atoms. The van der Waals surface area contributed by atoms with Crippen molar-refractivity contribution in [1.82, 2.24) is 20.0 Å². The van der Waals surface area contributed by atoms with Gasteiger partial charge in [-0.3, -0.25) is 4.79 Å². The van der Waals surface area contributed by atoms with E-state index in [-0.39, 0.29) is 12.5 Å². The van der Waals surface area contributed by atoms with Gasteiger partial charge < -0.3 is 11.1 Å². The molecule has 2 aromatic heterocycles. The van der Waals surface area contributed by atoms with Crippen molar-refractivity contribution >= 4 is 28.1 Å². The number of rotatable bonds is 4. The Kier molecular flexibility index (Phi) is 3.84. The number of carbonyl (C=O) groups excluding carboxylic acids is 1. The average Bonchev–Trinajstić information content (AvgIpc) is 3.08. The fourth-order valence-corrected chi connectivity index (χ4v) is 2.63. The van der Waals surface area contributed by atoms with Gasteiger partial charge >= 0.3 is 0 Å². The largest absolute Gasteiger partial charge is 0.399 e. The first-order chi connectivity index (χ1) is 10.6. The second kappa shape index (κ2) is 5.94. The molecule has 3 aromatic rings. The van der Waals surface area contributed by atoms with E-state index in [1.807, 2.05) is 30.5 Å². The van der Waals surface area contributed by atoms with Gasteiger partial charge in [-0.05, 0) is 19.1 Å². The van der Waals surface area contributed by atoms with E-state index in [2.05, 4.69) is 20.6 Å². The van der Waals surface area contributed by atoms with Crippen molar-refractivity contribution in [3.8, 4) is 11.3 Å².